The molecule has 28 rings (SSSR count). The van der Waals surface area contributed by atoms with Crippen LogP contribution in [0.5, 0.6) is 0 Å². The highest BCUT2D eigenvalue weighted by atomic mass is 79.9. The Labute approximate surface area is 854 Å². The second-order valence-electron chi connectivity index (χ2n) is 37.5. The Morgan fingerprint density at radius 3 is 0.785 bits per heavy atom. The lowest BCUT2D eigenvalue weighted by molar-refractivity contribution is 1.07. The van der Waals surface area contributed by atoms with E-state index >= 15 is 0 Å². The Kier molecular flexibility index (Phi) is 23.7. The Morgan fingerprint density at radius 1 is 0.181 bits per heavy atom. The summed E-state index contributed by atoms with van der Waals surface area (Å²) in [7, 11) is 0. The number of benzene rings is 27. The molecule has 0 N–H and O–H groups in total. The van der Waals surface area contributed by atoms with Gasteiger partial charge in [-0.1, -0.05) is 493 Å². The van der Waals surface area contributed by atoms with Crippen LogP contribution in [0.4, 0.5) is 0 Å². The lowest BCUT2D eigenvalue weighted by Crippen LogP contribution is -2.04. The normalized spacial score (nSPS) is 11.8. The molecule has 0 amide bonds. The molecule has 0 saturated carbocycles. The van der Waals surface area contributed by atoms with E-state index in [1.807, 2.05) is 0 Å². The van der Waals surface area contributed by atoms with E-state index < -0.39 is 0 Å². The zero-order valence-corrected chi connectivity index (χ0v) is 82.2. The average molecular weight is 1960 g/mol. The minimum Gasteiger partial charge on any atom is -0.279 e. The highest BCUT2D eigenvalue weighted by molar-refractivity contribution is 9.10. The van der Waals surface area contributed by atoms with Crippen LogP contribution in [0.1, 0.15) is 38.9 Å². The van der Waals surface area contributed by atoms with E-state index in [0.29, 0.717) is 6.54 Å². The first-order valence-electron chi connectivity index (χ1n) is 49.4. The van der Waals surface area contributed by atoms with Gasteiger partial charge in [0.05, 0.1) is 12.3 Å². The Morgan fingerprint density at radius 2 is 0.431 bits per heavy atom. The Bertz CT molecular complexity index is 9740. The molecule has 0 unspecified atom stereocenters. The summed E-state index contributed by atoms with van der Waals surface area (Å²) in [6.45, 7) is 0.574. The van der Waals surface area contributed by atoms with Gasteiger partial charge in [0.25, 0.3) is 0 Å². The quantitative estimate of drug-likeness (QED) is 0.0854. The Balaban J connectivity index is 0.000000108. The predicted molar refractivity (Wildman–Crippen MR) is 626 cm³/mol. The van der Waals surface area contributed by atoms with Gasteiger partial charge in [0.15, 0.2) is 0 Å². The summed E-state index contributed by atoms with van der Waals surface area (Å²) in [6, 6.07) is 196. The molecular weight excluding hydrogens is 1870 g/mol. The van der Waals surface area contributed by atoms with E-state index in [-0.39, 0.29) is 0 Å². The zero-order valence-electron chi connectivity index (χ0n) is 79.0. The first kappa shape index (κ1) is 88.1. The third kappa shape index (κ3) is 17.0. The molecule has 27 aromatic rings. The lowest BCUT2D eigenvalue weighted by Gasteiger charge is -2.20. The molecule has 0 aliphatic heterocycles. The van der Waals surface area contributed by atoms with E-state index in [1.165, 1.54) is 246 Å². The fraction of sp³-hybridized carbons (Fsp3) is 0.0142. The van der Waals surface area contributed by atoms with Crippen molar-refractivity contribution in [1.82, 2.24) is 0 Å². The molecule has 0 saturated heterocycles. The van der Waals surface area contributed by atoms with Crippen molar-refractivity contribution in [1.29, 1.82) is 0 Å². The van der Waals surface area contributed by atoms with Gasteiger partial charge in [0.1, 0.15) is 0 Å². The maximum Gasteiger partial charge on any atom is 0.0723 e. The summed E-state index contributed by atoms with van der Waals surface area (Å²) in [5.74, 6) is 0. The molecule has 0 fully saturated rings. The van der Waals surface area contributed by atoms with Crippen molar-refractivity contribution in [2.75, 3.05) is 0 Å². The smallest absolute Gasteiger partial charge is 0.0723 e. The maximum atomic E-state index is 5.28. The van der Waals surface area contributed by atoms with Crippen LogP contribution >= 0.6 is 31.9 Å². The molecule has 0 atom stereocenters. The molecule has 1 nitrogen and oxygen atoms in total. The molecule has 144 heavy (non-hydrogen) atoms. The summed E-state index contributed by atoms with van der Waals surface area (Å²) in [6.07, 6.45) is 0.898. The molecule has 0 radical (unpaired) electrons. The van der Waals surface area contributed by atoms with Crippen molar-refractivity contribution < 1.29 is 0 Å². The van der Waals surface area contributed by atoms with E-state index in [2.05, 4.69) is 572 Å². The molecule has 3 heteroatoms. The fourth-order valence-corrected chi connectivity index (χ4v) is 22.9. The first-order chi connectivity index (χ1) is 71.2. The van der Waals surface area contributed by atoms with Crippen LogP contribution in [0.15, 0.2) is 554 Å². The number of allylic oxidation sites excluding steroid dienone is 1. The molecule has 27 aromatic carbocycles. The highest BCUT2D eigenvalue weighted by Gasteiger charge is 2.29. The lowest BCUT2D eigenvalue weighted by atomic mass is 9.83. The van der Waals surface area contributed by atoms with Crippen molar-refractivity contribution in [3.63, 3.8) is 0 Å². The fourth-order valence-electron chi connectivity index (χ4n) is 22.2. The molecule has 1 aliphatic rings. The van der Waals surface area contributed by atoms with Gasteiger partial charge in [-0.2, -0.15) is 0 Å². The zero-order chi connectivity index (χ0) is 95.9. The van der Waals surface area contributed by atoms with Crippen LogP contribution in [0.25, 0.3) is 218 Å². The number of hydrogen-bond acceptors (Lipinski definition) is 1. The molecule has 1 aliphatic carbocycles. The third-order valence-corrected chi connectivity index (χ3v) is 29.9. The van der Waals surface area contributed by atoms with Gasteiger partial charge in [-0.05, 0) is 331 Å². The van der Waals surface area contributed by atoms with Crippen LogP contribution < -0.4 is 0 Å². The number of halogens is 2. The van der Waals surface area contributed by atoms with Crippen LogP contribution in [0.2, 0.25) is 0 Å². The molecule has 0 spiro atoms. The Hall–Kier alpha value is -17.3. The molecule has 676 valence electrons. The van der Waals surface area contributed by atoms with Crippen LogP contribution in [-0.2, 0) is 13.0 Å². The van der Waals surface area contributed by atoms with Crippen molar-refractivity contribution >= 4 is 189 Å². The SMILES string of the molecule is Brc1ccc2c(-c3ccc4ccccc4c3)c3ccccc3c(-c3ccc4ccccc4c3)c2c1.Brc1ccc2ccccc2c1.c1ccc(C(=NCc2ccc3c(-c4ccc5ccccc5c4)c4ccccc4c(-c4ccc5ccccc5c4)c3c2)c2ccccc2)cc1.c1ccc(C2=C(c3ccccc3)c3cc4c(-c5ccc6ccccc6c5)c5ccccc5c(-c5ccc6ccccc6c5)c4cc3C2)cc1. The third-order valence-electron chi connectivity index (χ3n) is 28.9. The van der Waals surface area contributed by atoms with E-state index in [0.717, 1.165) is 32.2 Å². The van der Waals surface area contributed by atoms with Gasteiger partial charge in [0.2, 0.25) is 0 Å². The monoisotopic (exact) mass is 1960 g/mol. The predicted octanol–water partition coefficient (Wildman–Crippen LogP) is 39.8. The van der Waals surface area contributed by atoms with Crippen LogP contribution in [0, 0.1) is 0 Å². The summed E-state index contributed by atoms with van der Waals surface area (Å²) in [5.41, 5.74) is 27.6. The topological polar surface area (TPSA) is 12.4 Å². The van der Waals surface area contributed by atoms with E-state index in [1.54, 1.807) is 0 Å². The molecule has 0 bridgehead atoms. The van der Waals surface area contributed by atoms with Gasteiger partial charge in [0, 0.05) is 20.1 Å². The van der Waals surface area contributed by atoms with Gasteiger partial charge in [-0.25, -0.2) is 0 Å². The summed E-state index contributed by atoms with van der Waals surface area (Å²) < 4.78 is 2.22. The van der Waals surface area contributed by atoms with Crippen LogP contribution in [0.3, 0.4) is 0 Å². The molecule has 0 heterocycles. The average Bonchev–Trinajstić information content (AvgIpc) is 1.34. The summed E-state index contributed by atoms with van der Waals surface area (Å²) >= 11 is 7.19. The van der Waals surface area contributed by atoms with Gasteiger partial charge >= 0.3 is 0 Å². The number of aliphatic imine (C=N–C) groups is 1. The van der Waals surface area contributed by atoms with Gasteiger partial charge in [-0.15, -0.1) is 0 Å². The van der Waals surface area contributed by atoms with Crippen molar-refractivity contribution in [2.45, 2.75) is 13.0 Å². The standard InChI is InChI=1S/C49H32.C48H33N.C34H21Br.C10H7Br/c1-3-15-34(16-4-1)43-29-40-30-45-46(31-44(40)47(43)35-17-5-2-6-18-35)49(39-26-24-33-14-8-10-20-37(33)28-39)42-22-12-11-21-41(42)48(45)38-25-23-32-13-7-9-19-36(32)27-38;1-3-15-36(16-4-1)48(37-17-5-2-6-18-37)49-32-33-23-28-44-45(29-33)47(41-27-25-35-14-8-10-20-39(35)31-41)43-22-12-11-21-42(43)46(44)40-26-24-34-13-7-9-19-38(34)30-40;35-28-17-18-31-32(21-28)34(27-16-14-23-8-2-4-10-25(23)20-27)30-12-6-5-11-29(30)33(31)26-15-13-22-7-1-3-9-24(22)19-26;11-10-6-5-8-3-1-2-4-9(8)7-10/h1-28,30-31H,29H2;1-31H,32H2;1-21H;1-7H. The number of nitrogens with zero attached hydrogens (tertiary/aromatic N) is 1. The first-order valence-corrected chi connectivity index (χ1v) is 51.0. The number of fused-ring (bicyclic) bond motifs is 14. The van der Waals surface area contributed by atoms with Gasteiger partial charge in [-0.3, -0.25) is 4.99 Å². The molecular formula is C141H93Br2N. The second-order valence-corrected chi connectivity index (χ2v) is 39.4. The minimum atomic E-state index is 0.574. The number of hydrogen-bond donors (Lipinski definition) is 0. The molecule has 0 aromatic heterocycles. The van der Waals surface area contributed by atoms with Crippen LogP contribution in [-0.4, -0.2) is 5.71 Å². The van der Waals surface area contributed by atoms with Crippen molar-refractivity contribution in [3.05, 3.63) is 588 Å². The van der Waals surface area contributed by atoms with Gasteiger partial charge < -0.3 is 0 Å². The van der Waals surface area contributed by atoms with E-state index in [4.69, 9.17) is 4.99 Å². The van der Waals surface area contributed by atoms with Crippen molar-refractivity contribution in [3.8, 4) is 66.8 Å². The minimum absolute atomic E-state index is 0.574. The maximum absolute atomic E-state index is 5.28. The highest BCUT2D eigenvalue weighted by Crippen LogP contribution is 2.53. The largest absolute Gasteiger partial charge is 0.279 e. The summed E-state index contributed by atoms with van der Waals surface area (Å²) in [4.78, 5) is 5.28. The van der Waals surface area contributed by atoms with Crippen molar-refractivity contribution in [2.24, 2.45) is 4.99 Å². The summed E-state index contributed by atoms with van der Waals surface area (Å²) in [5, 5.41) is 32.9. The van der Waals surface area contributed by atoms with E-state index in [9.17, 15) is 0 Å². The number of rotatable bonds is 12. The second kappa shape index (κ2) is 38.7.